The van der Waals surface area contributed by atoms with Gasteiger partial charge >= 0.3 is 0 Å². The molecular weight excluding hydrogens is 258 g/mol. The Morgan fingerprint density at radius 3 is 2.37 bits per heavy atom. The second-order valence-electron chi connectivity index (χ2n) is 4.70. The van der Waals surface area contributed by atoms with Gasteiger partial charge in [-0.05, 0) is 54.8 Å². The maximum absolute atomic E-state index is 5.99. The summed E-state index contributed by atoms with van der Waals surface area (Å²) in [6, 6.07) is 13.8. The lowest BCUT2D eigenvalue weighted by Gasteiger charge is -2.12. The fourth-order valence-corrected chi connectivity index (χ4v) is 2.19. The molecule has 0 atom stereocenters. The fraction of sp³-hybridized carbons (Fsp3) is 0.250. The Balaban J connectivity index is 2.32. The molecule has 3 heteroatoms. The molecule has 0 saturated carbocycles. The summed E-state index contributed by atoms with van der Waals surface area (Å²) in [6.07, 6.45) is 0.181. The maximum Gasteiger partial charge on any atom is 0.119 e. The molecule has 0 aromatic heterocycles. The van der Waals surface area contributed by atoms with Gasteiger partial charge < -0.3 is 10.5 Å². The Bertz CT molecular complexity index is 549. The number of nitrogens with two attached hydrogens (primary N) is 1. The topological polar surface area (TPSA) is 35.2 Å². The van der Waals surface area contributed by atoms with E-state index in [-0.39, 0.29) is 6.10 Å². The Morgan fingerprint density at radius 2 is 1.79 bits per heavy atom. The maximum atomic E-state index is 5.99. The molecule has 100 valence electrons. The van der Waals surface area contributed by atoms with E-state index in [4.69, 9.17) is 22.1 Å². The van der Waals surface area contributed by atoms with Gasteiger partial charge in [0.15, 0.2) is 0 Å². The lowest BCUT2D eigenvalue weighted by atomic mass is 10.00. The van der Waals surface area contributed by atoms with Gasteiger partial charge in [0.1, 0.15) is 5.75 Å². The SMILES string of the molecule is CC(C)Oc1ccc(-c2ccc(Cl)cc2CN)cc1. The molecule has 0 radical (unpaired) electrons. The Hall–Kier alpha value is -1.51. The zero-order valence-corrected chi connectivity index (χ0v) is 11.9. The molecule has 0 spiro atoms. The van der Waals surface area contributed by atoms with Crippen LogP contribution in [0.15, 0.2) is 42.5 Å². The fourth-order valence-electron chi connectivity index (χ4n) is 2.00. The number of halogens is 1. The molecule has 2 aromatic carbocycles. The van der Waals surface area contributed by atoms with Crippen molar-refractivity contribution in [3.05, 3.63) is 53.1 Å². The normalized spacial score (nSPS) is 10.8. The van der Waals surface area contributed by atoms with Crippen molar-refractivity contribution in [2.24, 2.45) is 5.73 Å². The first-order valence-electron chi connectivity index (χ1n) is 6.35. The third-order valence-corrected chi connectivity index (χ3v) is 3.06. The van der Waals surface area contributed by atoms with Crippen molar-refractivity contribution in [2.75, 3.05) is 0 Å². The van der Waals surface area contributed by atoms with Crippen molar-refractivity contribution in [1.29, 1.82) is 0 Å². The van der Waals surface area contributed by atoms with Crippen molar-refractivity contribution in [3.8, 4) is 16.9 Å². The van der Waals surface area contributed by atoms with Crippen LogP contribution in [0.3, 0.4) is 0 Å². The second kappa shape index (κ2) is 6.09. The lowest BCUT2D eigenvalue weighted by molar-refractivity contribution is 0.242. The van der Waals surface area contributed by atoms with Crippen molar-refractivity contribution in [1.82, 2.24) is 0 Å². The predicted molar refractivity (Wildman–Crippen MR) is 80.5 cm³/mol. The van der Waals surface area contributed by atoms with Gasteiger partial charge in [0, 0.05) is 11.6 Å². The van der Waals surface area contributed by atoms with E-state index in [1.165, 1.54) is 0 Å². The van der Waals surface area contributed by atoms with E-state index in [0.29, 0.717) is 11.6 Å². The van der Waals surface area contributed by atoms with Crippen molar-refractivity contribution < 1.29 is 4.74 Å². The van der Waals surface area contributed by atoms with E-state index >= 15 is 0 Å². The minimum absolute atomic E-state index is 0.181. The molecule has 0 unspecified atom stereocenters. The first-order valence-corrected chi connectivity index (χ1v) is 6.73. The Kier molecular flexibility index (Phi) is 4.46. The highest BCUT2D eigenvalue weighted by Gasteiger charge is 2.05. The van der Waals surface area contributed by atoms with Crippen LogP contribution in [0, 0.1) is 0 Å². The molecule has 0 saturated heterocycles. The average Bonchev–Trinajstić information content (AvgIpc) is 2.39. The first kappa shape index (κ1) is 13.9. The minimum Gasteiger partial charge on any atom is -0.491 e. The van der Waals surface area contributed by atoms with Crippen LogP contribution >= 0.6 is 11.6 Å². The first-order chi connectivity index (χ1) is 9.10. The van der Waals surface area contributed by atoms with E-state index in [9.17, 15) is 0 Å². The van der Waals surface area contributed by atoms with Crippen LogP contribution in [-0.4, -0.2) is 6.10 Å². The zero-order valence-electron chi connectivity index (χ0n) is 11.2. The van der Waals surface area contributed by atoms with Crippen LogP contribution in [-0.2, 0) is 6.54 Å². The molecule has 19 heavy (non-hydrogen) atoms. The monoisotopic (exact) mass is 275 g/mol. The average molecular weight is 276 g/mol. The lowest BCUT2D eigenvalue weighted by Crippen LogP contribution is -2.05. The molecule has 0 aliphatic heterocycles. The summed E-state index contributed by atoms with van der Waals surface area (Å²) in [7, 11) is 0. The zero-order chi connectivity index (χ0) is 13.8. The molecule has 0 aliphatic rings. The molecule has 2 nitrogen and oxygen atoms in total. The Labute approximate surface area is 119 Å². The van der Waals surface area contributed by atoms with E-state index in [1.807, 2.05) is 56.3 Å². The van der Waals surface area contributed by atoms with Crippen molar-refractivity contribution in [3.63, 3.8) is 0 Å². The predicted octanol–water partition coefficient (Wildman–Crippen LogP) is 4.25. The van der Waals surface area contributed by atoms with Crippen LogP contribution in [0.25, 0.3) is 11.1 Å². The van der Waals surface area contributed by atoms with E-state index in [0.717, 1.165) is 22.4 Å². The third kappa shape index (κ3) is 3.49. The molecule has 2 aromatic rings. The third-order valence-electron chi connectivity index (χ3n) is 2.82. The number of ether oxygens (including phenoxy) is 1. The summed E-state index contributed by atoms with van der Waals surface area (Å²) in [5.74, 6) is 0.877. The molecular formula is C16H18ClNO. The van der Waals surface area contributed by atoms with Gasteiger partial charge in [-0.3, -0.25) is 0 Å². The van der Waals surface area contributed by atoms with E-state index in [1.54, 1.807) is 0 Å². The highest BCUT2D eigenvalue weighted by Crippen LogP contribution is 2.28. The molecule has 0 heterocycles. The van der Waals surface area contributed by atoms with Gasteiger partial charge in [0.05, 0.1) is 6.10 Å². The van der Waals surface area contributed by atoms with Crippen LogP contribution in [0.2, 0.25) is 5.02 Å². The molecule has 0 bridgehead atoms. The number of hydrogen-bond acceptors (Lipinski definition) is 2. The van der Waals surface area contributed by atoms with Crippen molar-refractivity contribution in [2.45, 2.75) is 26.5 Å². The highest BCUT2D eigenvalue weighted by molar-refractivity contribution is 6.30. The van der Waals surface area contributed by atoms with Crippen LogP contribution in [0.1, 0.15) is 19.4 Å². The number of hydrogen-bond donors (Lipinski definition) is 1. The molecule has 2 N–H and O–H groups in total. The molecule has 0 amide bonds. The molecule has 2 rings (SSSR count). The van der Waals surface area contributed by atoms with Crippen LogP contribution in [0.5, 0.6) is 5.75 Å². The van der Waals surface area contributed by atoms with Gasteiger partial charge in [0.25, 0.3) is 0 Å². The number of rotatable bonds is 4. The van der Waals surface area contributed by atoms with Gasteiger partial charge in [-0.25, -0.2) is 0 Å². The summed E-state index contributed by atoms with van der Waals surface area (Å²) in [6.45, 7) is 4.50. The summed E-state index contributed by atoms with van der Waals surface area (Å²) < 4.78 is 5.63. The molecule has 0 aliphatic carbocycles. The van der Waals surface area contributed by atoms with Gasteiger partial charge in [-0.2, -0.15) is 0 Å². The number of benzene rings is 2. The summed E-state index contributed by atoms with van der Waals surface area (Å²) >= 11 is 5.99. The smallest absolute Gasteiger partial charge is 0.119 e. The summed E-state index contributed by atoms with van der Waals surface area (Å²) in [5, 5.41) is 0.712. The van der Waals surface area contributed by atoms with E-state index < -0.39 is 0 Å². The van der Waals surface area contributed by atoms with Gasteiger partial charge in [-0.1, -0.05) is 29.8 Å². The summed E-state index contributed by atoms with van der Waals surface area (Å²) in [5.41, 5.74) is 9.05. The quantitative estimate of drug-likeness (QED) is 0.905. The standard InChI is InChI=1S/C16H18ClNO/c1-11(2)19-15-6-3-12(4-7-15)16-8-5-14(17)9-13(16)10-18/h3-9,11H,10,18H2,1-2H3. The largest absolute Gasteiger partial charge is 0.491 e. The molecule has 0 fully saturated rings. The van der Waals surface area contributed by atoms with Gasteiger partial charge in [0.2, 0.25) is 0 Å². The van der Waals surface area contributed by atoms with Crippen LogP contribution < -0.4 is 10.5 Å². The van der Waals surface area contributed by atoms with E-state index in [2.05, 4.69) is 0 Å². The van der Waals surface area contributed by atoms with Crippen LogP contribution in [0.4, 0.5) is 0 Å². The Morgan fingerprint density at radius 1 is 1.11 bits per heavy atom. The second-order valence-corrected chi connectivity index (χ2v) is 5.13. The van der Waals surface area contributed by atoms with Crippen molar-refractivity contribution >= 4 is 11.6 Å². The minimum atomic E-state index is 0.181. The highest BCUT2D eigenvalue weighted by atomic mass is 35.5. The summed E-state index contributed by atoms with van der Waals surface area (Å²) in [4.78, 5) is 0. The van der Waals surface area contributed by atoms with Gasteiger partial charge in [-0.15, -0.1) is 0 Å².